The Morgan fingerprint density at radius 2 is 1.42 bits per heavy atom. The van der Waals surface area contributed by atoms with Crippen LogP contribution in [0.2, 0.25) is 0 Å². The number of hydrogen-bond donors (Lipinski definition) is 1. The zero-order valence-electron chi connectivity index (χ0n) is 10.6. The summed E-state index contributed by atoms with van der Waals surface area (Å²) < 4.78 is 12.7. The highest BCUT2D eigenvalue weighted by atomic mass is 19.1. The fraction of sp³-hybridized carbons (Fsp3) is 0.0625. The van der Waals surface area contributed by atoms with Gasteiger partial charge in [-0.3, -0.25) is 4.79 Å². The van der Waals surface area contributed by atoms with E-state index in [1.54, 1.807) is 31.3 Å². The monoisotopic (exact) mass is 255 g/mol. The van der Waals surface area contributed by atoms with Gasteiger partial charge in [-0.25, -0.2) is 4.39 Å². The van der Waals surface area contributed by atoms with Gasteiger partial charge < -0.3 is 5.32 Å². The predicted molar refractivity (Wildman–Crippen MR) is 75.2 cm³/mol. The summed E-state index contributed by atoms with van der Waals surface area (Å²) in [4.78, 5) is 11.4. The molecule has 1 N–H and O–H groups in total. The molecule has 0 aromatic heterocycles. The van der Waals surface area contributed by atoms with Gasteiger partial charge in [0, 0.05) is 12.6 Å². The predicted octanol–water partition coefficient (Wildman–Crippen LogP) is 3.36. The summed E-state index contributed by atoms with van der Waals surface area (Å²) >= 11 is 0. The standard InChI is InChI=1S/C16H14FNO/c1-18-16(19)14-8-4-12(5-9-14)2-3-13-6-10-15(17)11-7-13/h2-11H,1H3,(H,18,19)/b3-2+. The summed E-state index contributed by atoms with van der Waals surface area (Å²) in [6, 6.07) is 13.5. The van der Waals surface area contributed by atoms with Crippen molar-refractivity contribution in [3.05, 3.63) is 71.0 Å². The van der Waals surface area contributed by atoms with E-state index in [2.05, 4.69) is 5.32 Å². The van der Waals surface area contributed by atoms with Gasteiger partial charge in [0.05, 0.1) is 0 Å². The molecule has 2 rings (SSSR count). The quantitative estimate of drug-likeness (QED) is 0.837. The first-order chi connectivity index (χ1) is 9.19. The Bertz CT molecular complexity index is 585. The topological polar surface area (TPSA) is 29.1 Å². The van der Waals surface area contributed by atoms with E-state index in [0.29, 0.717) is 5.56 Å². The molecule has 0 fully saturated rings. The Morgan fingerprint density at radius 3 is 1.89 bits per heavy atom. The van der Waals surface area contributed by atoms with E-state index in [1.165, 1.54) is 12.1 Å². The first kappa shape index (κ1) is 13.0. The molecule has 0 radical (unpaired) electrons. The summed E-state index contributed by atoms with van der Waals surface area (Å²) in [5.74, 6) is -0.346. The SMILES string of the molecule is CNC(=O)c1ccc(/C=C/c2ccc(F)cc2)cc1. The minimum absolute atomic E-state index is 0.103. The van der Waals surface area contributed by atoms with Crippen molar-refractivity contribution in [1.82, 2.24) is 5.32 Å². The van der Waals surface area contributed by atoms with Crippen molar-refractivity contribution in [3.8, 4) is 0 Å². The Hall–Kier alpha value is -2.42. The van der Waals surface area contributed by atoms with Gasteiger partial charge in [-0.15, -0.1) is 0 Å². The first-order valence-corrected chi connectivity index (χ1v) is 5.95. The molecule has 0 aliphatic rings. The summed E-state index contributed by atoms with van der Waals surface area (Å²) in [6.45, 7) is 0. The van der Waals surface area contributed by atoms with Crippen LogP contribution in [0.4, 0.5) is 4.39 Å². The largest absolute Gasteiger partial charge is 0.355 e. The van der Waals surface area contributed by atoms with Crippen molar-refractivity contribution in [2.75, 3.05) is 7.05 Å². The number of amides is 1. The van der Waals surface area contributed by atoms with Gasteiger partial charge >= 0.3 is 0 Å². The van der Waals surface area contributed by atoms with Gasteiger partial charge in [-0.2, -0.15) is 0 Å². The maximum Gasteiger partial charge on any atom is 0.251 e. The number of halogens is 1. The van der Waals surface area contributed by atoms with Crippen molar-refractivity contribution in [2.24, 2.45) is 0 Å². The van der Waals surface area contributed by atoms with E-state index >= 15 is 0 Å². The summed E-state index contributed by atoms with van der Waals surface area (Å²) in [5, 5.41) is 2.57. The van der Waals surface area contributed by atoms with Gasteiger partial charge in [0.15, 0.2) is 0 Å². The van der Waals surface area contributed by atoms with E-state index in [-0.39, 0.29) is 11.7 Å². The highest BCUT2D eigenvalue weighted by Gasteiger charge is 2.00. The van der Waals surface area contributed by atoms with Crippen LogP contribution in [0.1, 0.15) is 21.5 Å². The van der Waals surface area contributed by atoms with E-state index in [4.69, 9.17) is 0 Å². The third-order valence-electron chi connectivity index (χ3n) is 2.74. The van der Waals surface area contributed by atoms with Gasteiger partial charge in [-0.05, 0) is 35.4 Å². The average Bonchev–Trinajstić information content (AvgIpc) is 2.46. The molecule has 2 aromatic carbocycles. The molecule has 3 heteroatoms. The zero-order chi connectivity index (χ0) is 13.7. The van der Waals surface area contributed by atoms with E-state index in [9.17, 15) is 9.18 Å². The molecule has 0 aliphatic carbocycles. The minimum Gasteiger partial charge on any atom is -0.355 e. The van der Waals surface area contributed by atoms with Gasteiger partial charge in [-0.1, -0.05) is 36.4 Å². The zero-order valence-corrected chi connectivity index (χ0v) is 10.6. The van der Waals surface area contributed by atoms with Crippen LogP contribution < -0.4 is 5.32 Å². The fourth-order valence-electron chi connectivity index (χ4n) is 1.66. The smallest absolute Gasteiger partial charge is 0.251 e. The van der Waals surface area contributed by atoms with E-state index in [0.717, 1.165) is 11.1 Å². The third kappa shape index (κ3) is 3.52. The number of hydrogen-bond acceptors (Lipinski definition) is 1. The molecule has 0 saturated heterocycles. The van der Waals surface area contributed by atoms with Crippen molar-refractivity contribution in [2.45, 2.75) is 0 Å². The average molecular weight is 255 g/mol. The van der Waals surface area contributed by atoms with Crippen LogP contribution in [0.15, 0.2) is 48.5 Å². The first-order valence-electron chi connectivity index (χ1n) is 5.95. The molecule has 0 aliphatic heterocycles. The maximum absolute atomic E-state index is 12.7. The van der Waals surface area contributed by atoms with Crippen LogP contribution in [0.25, 0.3) is 12.2 Å². The molecule has 2 nitrogen and oxygen atoms in total. The fourth-order valence-corrected chi connectivity index (χ4v) is 1.66. The number of rotatable bonds is 3. The van der Waals surface area contributed by atoms with Crippen LogP contribution in [-0.4, -0.2) is 13.0 Å². The van der Waals surface area contributed by atoms with Crippen molar-refractivity contribution in [3.63, 3.8) is 0 Å². The molecule has 0 saturated carbocycles. The summed E-state index contributed by atoms with van der Waals surface area (Å²) in [7, 11) is 1.60. The van der Waals surface area contributed by atoms with Crippen LogP contribution >= 0.6 is 0 Å². The molecular weight excluding hydrogens is 241 g/mol. The molecule has 0 unspecified atom stereocenters. The number of benzene rings is 2. The number of carbonyl (C=O) groups is 1. The second kappa shape index (κ2) is 5.96. The molecular formula is C16H14FNO. The van der Waals surface area contributed by atoms with Gasteiger partial charge in [0.2, 0.25) is 0 Å². The Labute approximate surface area is 111 Å². The number of nitrogens with one attached hydrogen (secondary N) is 1. The highest BCUT2D eigenvalue weighted by Crippen LogP contribution is 2.10. The second-order valence-electron chi connectivity index (χ2n) is 4.09. The second-order valence-corrected chi connectivity index (χ2v) is 4.09. The van der Waals surface area contributed by atoms with Crippen molar-refractivity contribution >= 4 is 18.1 Å². The molecule has 0 bridgehead atoms. The lowest BCUT2D eigenvalue weighted by molar-refractivity contribution is 0.0963. The molecule has 2 aromatic rings. The van der Waals surface area contributed by atoms with Crippen molar-refractivity contribution in [1.29, 1.82) is 0 Å². The van der Waals surface area contributed by atoms with Crippen LogP contribution in [0.3, 0.4) is 0 Å². The lowest BCUT2D eigenvalue weighted by Gasteiger charge is -2.00. The minimum atomic E-state index is -0.243. The molecule has 96 valence electrons. The van der Waals surface area contributed by atoms with Crippen LogP contribution in [-0.2, 0) is 0 Å². The lowest BCUT2D eigenvalue weighted by atomic mass is 10.1. The Kier molecular flexibility index (Phi) is 4.08. The molecule has 0 heterocycles. The van der Waals surface area contributed by atoms with Gasteiger partial charge in [0.1, 0.15) is 5.82 Å². The van der Waals surface area contributed by atoms with Crippen molar-refractivity contribution < 1.29 is 9.18 Å². The molecule has 19 heavy (non-hydrogen) atoms. The van der Waals surface area contributed by atoms with Crippen LogP contribution in [0.5, 0.6) is 0 Å². The van der Waals surface area contributed by atoms with Crippen LogP contribution in [0, 0.1) is 5.82 Å². The van der Waals surface area contributed by atoms with E-state index in [1.807, 2.05) is 24.3 Å². The van der Waals surface area contributed by atoms with Gasteiger partial charge in [0.25, 0.3) is 5.91 Å². The summed E-state index contributed by atoms with van der Waals surface area (Å²) in [6.07, 6.45) is 3.81. The third-order valence-corrected chi connectivity index (χ3v) is 2.74. The normalized spacial score (nSPS) is 10.6. The molecule has 0 atom stereocenters. The number of carbonyl (C=O) groups excluding carboxylic acids is 1. The lowest BCUT2D eigenvalue weighted by Crippen LogP contribution is -2.17. The Morgan fingerprint density at radius 1 is 0.947 bits per heavy atom. The summed E-state index contributed by atoms with van der Waals surface area (Å²) in [5.41, 5.74) is 2.54. The molecule has 0 spiro atoms. The van der Waals surface area contributed by atoms with E-state index < -0.39 is 0 Å². The molecule has 1 amide bonds. The maximum atomic E-state index is 12.7. The Balaban J connectivity index is 2.11. The highest BCUT2D eigenvalue weighted by molar-refractivity contribution is 5.94.